The lowest BCUT2D eigenvalue weighted by atomic mass is 9.80. The second kappa shape index (κ2) is 5.24. The van der Waals surface area contributed by atoms with Gasteiger partial charge in [0.05, 0.1) is 35.8 Å². The van der Waals surface area contributed by atoms with Gasteiger partial charge in [0.25, 0.3) is 0 Å². The number of benzene rings is 1. The molecule has 1 fully saturated rings. The van der Waals surface area contributed by atoms with E-state index in [-0.39, 0.29) is 17.9 Å². The molecule has 108 valence electrons. The molecule has 0 aromatic heterocycles. The van der Waals surface area contributed by atoms with E-state index >= 15 is 0 Å². The van der Waals surface area contributed by atoms with Crippen LogP contribution in [0.1, 0.15) is 18.1 Å². The molecule has 0 spiro atoms. The predicted octanol–water partition coefficient (Wildman–Crippen LogP) is 1.71. The molecule has 5 nitrogen and oxygen atoms in total. The molecule has 1 aliphatic rings. The number of aliphatic hydroxyl groups excluding tert-OH is 1. The van der Waals surface area contributed by atoms with Crippen molar-refractivity contribution in [2.45, 2.75) is 12.5 Å². The number of methoxy groups -OCH3 is 1. The fraction of sp³-hybridized carbons (Fsp3) is 0.462. The van der Waals surface area contributed by atoms with Crippen molar-refractivity contribution in [3.8, 4) is 11.8 Å². The maximum absolute atomic E-state index is 11.6. The zero-order chi connectivity index (χ0) is 15.0. The Hall–Kier alpha value is -1.29. The van der Waals surface area contributed by atoms with Crippen LogP contribution in [0.2, 0.25) is 5.02 Å². The van der Waals surface area contributed by atoms with Crippen molar-refractivity contribution >= 4 is 21.4 Å². The highest BCUT2D eigenvalue weighted by Crippen LogP contribution is 2.43. The third kappa shape index (κ3) is 2.62. The van der Waals surface area contributed by atoms with Crippen molar-refractivity contribution in [3.63, 3.8) is 0 Å². The minimum Gasteiger partial charge on any atom is -0.495 e. The summed E-state index contributed by atoms with van der Waals surface area (Å²) in [6, 6.07) is 6.63. The van der Waals surface area contributed by atoms with E-state index in [4.69, 9.17) is 16.3 Å². The van der Waals surface area contributed by atoms with Crippen LogP contribution < -0.4 is 4.74 Å². The van der Waals surface area contributed by atoms with E-state index in [0.717, 1.165) is 0 Å². The minimum atomic E-state index is -3.28. The van der Waals surface area contributed by atoms with E-state index in [1.807, 2.05) is 6.07 Å². The van der Waals surface area contributed by atoms with Crippen LogP contribution in [0.4, 0.5) is 0 Å². The van der Waals surface area contributed by atoms with Crippen molar-refractivity contribution < 1.29 is 18.3 Å². The van der Waals surface area contributed by atoms with Gasteiger partial charge in [-0.15, -0.1) is 0 Å². The Morgan fingerprint density at radius 3 is 2.70 bits per heavy atom. The molecule has 2 rings (SSSR count). The lowest BCUT2D eigenvalue weighted by Crippen LogP contribution is -2.28. The van der Waals surface area contributed by atoms with Crippen LogP contribution in [0.25, 0.3) is 0 Å². The molecule has 1 aromatic rings. The molecule has 0 saturated carbocycles. The van der Waals surface area contributed by atoms with Crippen LogP contribution in [0, 0.1) is 16.7 Å². The molecular weight excluding hydrogens is 302 g/mol. The number of sulfone groups is 1. The third-order valence-electron chi connectivity index (χ3n) is 3.57. The number of nitrogens with zero attached hydrogens (tertiary/aromatic N) is 1. The standard InChI is InChI=1S/C13H14ClNO4S/c1-19-11-3-2-9(6-10(11)14)12(16)13(7-15)4-5-20(17,18)8-13/h2-3,6,12,16H,4-5,8H2,1H3. The summed E-state index contributed by atoms with van der Waals surface area (Å²) >= 11 is 5.99. The van der Waals surface area contributed by atoms with Crippen molar-refractivity contribution in [3.05, 3.63) is 28.8 Å². The van der Waals surface area contributed by atoms with Gasteiger partial charge in [-0.05, 0) is 24.1 Å². The summed E-state index contributed by atoms with van der Waals surface area (Å²) in [6.07, 6.45) is -1.08. The van der Waals surface area contributed by atoms with Gasteiger partial charge in [0.15, 0.2) is 9.84 Å². The normalized spacial score (nSPS) is 25.9. The highest BCUT2D eigenvalue weighted by molar-refractivity contribution is 7.91. The summed E-state index contributed by atoms with van der Waals surface area (Å²) in [4.78, 5) is 0. The molecule has 0 aliphatic carbocycles. The first-order valence-corrected chi connectivity index (χ1v) is 8.17. The van der Waals surface area contributed by atoms with Gasteiger partial charge in [-0.25, -0.2) is 8.42 Å². The van der Waals surface area contributed by atoms with Crippen LogP contribution in [0.15, 0.2) is 18.2 Å². The monoisotopic (exact) mass is 315 g/mol. The number of aliphatic hydroxyl groups is 1. The van der Waals surface area contributed by atoms with Crippen molar-refractivity contribution in [2.75, 3.05) is 18.6 Å². The predicted molar refractivity (Wildman–Crippen MR) is 74.3 cm³/mol. The van der Waals surface area contributed by atoms with E-state index in [9.17, 15) is 18.8 Å². The van der Waals surface area contributed by atoms with Gasteiger partial charge in [-0.2, -0.15) is 5.26 Å². The smallest absolute Gasteiger partial charge is 0.152 e. The van der Waals surface area contributed by atoms with Crippen LogP contribution >= 0.6 is 11.6 Å². The Bertz CT molecular complexity index is 667. The van der Waals surface area contributed by atoms with Gasteiger partial charge >= 0.3 is 0 Å². The summed E-state index contributed by atoms with van der Waals surface area (Å²) in [6.45, 7) is 0. The summed E-state index contributed by atoms with van der Waals surface area (Å²) < 4.78 is 28.2. The van der Waals surface area contributed by atoms with Gasteiger partial charge in [0.1, 0.15) is 11.2 Å². The highest BCUT2D eigenvalue weighted by atomic mass is 35.5. The fourth-order valence-electron chi connectivity index (χ4n) is 2.41. The largest absolute Gasteiger partial charge is 0.495 e. The van der Waals surface area contributed by atoms with Gasteiger partial charge < -0.3 is 9.84 Å². The summed E-state index contributed by atoms with van der Waals surface area (Å²) in [5.41, 5.74) is -0.897. The Balaban J connectivity index is 2.38. The molecule has 0 radical (unpaired) electrons. The second-order valence-electron chi connectivity index (χ2n) is 4.91. The van der Waals surface area contributed by atoms with E-state index in [2.05, 4.69) is 0 Å². The van der Waals surface area contributed by atoms with Crippen molar-refractivity contribution in [1.82, 2.24) is 0 Å². The van der Waals surface area contributed by atoms with Crippen LogP contribution in [-0.4, -0.2) is 32.1 Å². The first-order chi connectivity index (χ1) is 9.33. The number of rotatable bonds is 3. The Morgan fingerprint density at radius 1 is 1.55 bits per heavy atom. The van der Waals surface area contributed by atoms with E-state index in [1.54, 1.807) is 12.1 Å². The average Bonchev–Trinajstić information content (AvgIpc) is 2.74. The molecule has 0 bridgehead atoms. The molecular formula is C13H14ClNO4S. The van der Waals surface area contributed by atoms with Gasteiger partial charge in [-0.3, -0.25) is 0 Å². The molecule has 2 atom stereocenters. The minimum absolute atomic E-state index is 0.0818. The maximum Gasteiger partial charge on any atom is 0.152 e. The summed E-state index contributed by atoms with van der Waals surface area (Å²) in [5, 5.41) is 20.0. The van der Waals surface area contributed by atoms with Crippen LogP contribution in [0.3, 0.4) is 0 Å². The molecule has 2 unspecified atom stereocenters. The van der Waals surface area contributed by atoms with E-state index in [1.165, 1.54) is 13.2 Å². The second-order valence-corrected chi connectivity index (χ2v) is 7.50. The first-order valence-electron chi connectivity index (χ1n) is 5.97. The average molecular weight is 316 g/mol. The molecule has 1 heterocycles. The molecule has 1 aliphatic heterocycles. The number of hydrogen-bond donors (Lipinski definition) is 1. The third-order valence-corrected chi connectivity index (χ3v) is 5.65. The number of nitriles is 1. The Kier molecular flexibility index (Phi) is 3.96. The topological polar surface area (TPSA) is 87.4 Å². The molecule has 0 amide bonds. The highest BCUT2D eigenvalue weighted by Gasteiger charge is 2.48. The summed E-state index contributed by atoms with van der Waals surface area (Å²) in [5.74, 6) is 0.0377. The first kappa shape index (κ1) is 15.1. The SMILES string of the molecule is COc1ccc(C(O)C2(C#N)CCS(=O)(=O)C2)cc1Cl. The number of ether oxygens (including phenoxy) is 1. The van der Waals surface area contributed by atoms with Crippen LogP contribution in [0.5, 0.6) is 5.75 Å². The molecule has 1 aromatic carbocycles. The zero-order valence-corrected chi connectivity index (χ0v) is 12.4. The number of halogens is 1. The van der Waals surface area contributed by atoms with Gasteiger partial charge in [0, 0.05) is 0 Å². The zero-order valence-electron chi connectivity index (χ0n) is 10.8. The van der Waals surface area contributed by atoms with Crippen molar-refractivity contribution in [1.29, 1.82) is 5.26 Å². The fourth-order valence-corrected chi connectivity index (χ4v) is 4.65. The number of hydrogen-bond acceptors (Lipinski definition) is 5. The lowest BCUT2D eigenvalue weighted by Gasteiger charge is -2.26. The lowest BCUT2D eigenvalue weighted by molar-refractivity contribution is 0.0793. The molecule has 1 saturated heterocycles. The summed E-state index contributed by atoms with van der Waals surface area (Å²) in [7, 11) is -1.81. The quantitative estimate of drug-likeness (QED) is 0.917. The molecule has 20 heavy (non-hydrogen) atoms. The van der Waals surface area contributed by atoms with E-state index in [0.29, 0.717) is 16.3 Å². The maximum atomic E-state index is 11.6. The van der Waals surface area contributed by atoms with Crippen molar-refractivity contribution in [2.24, 2.45) is 5.41 Å². The van der Waals surface area contributed by atoms with Gasteiger partial charge in [0.2, 0.25) is 0 Å². The van der Waals surface area contributed by atoms with Gasteiger partial charge in [-0.1, -0.05) is 17.7 Å². The Labute approximate surface area is 122 Å². The van der Waals surface area contributed by atoms with E-state index < -0.39 is 21.4 Å². The van der Waals surface area contributed by atoms with Crippen LogP contribution in [-0.2, 0) is 9.84 Å². The molecule has 7 heteroatoms. The Morgan fingerprint density at radius 2 is 2.25 bits per heavy atom. The molecule has 1 N–H and O–H groups in total.